The highest BCUT2D eigenvalue weighted by atomic mass is 16.2. The molecule has 1 amide bonds. The van der Waals surface area contributed by atoms with E-state index in [-0.39, 0.29) is 5.41 Å². The van der Waals surface area contributed by atoms with Gasteiger partial charge in [0.2, 0.25) is 5.91 Å². The van der Waals surface area contributed by atoms with E-state index >= 15 is 0 Å². The Morgan fingerprint density at radius 2 is 1.81 bits per heavy atom. The van der Waals surface area contributed by atoms with Crippen LogP contribution in [0.15, 0.2) is 0 Å². The van der Waals surface area contributed by atoms with E-state index in [1.54, 1.807) is 0 Å². The topological polar surface area (TPSA) is 32.3 Å². The van der Waals surface area contributed by atoms with E-state index in [4.69, 9.17) is 0 Å². The Kier molecular flexibility index (Phi) is 3.53. The maximum atomic E-state index is 12.5. The molecule has 3 nitrogen and oxygen atoms in total. The molecule has 0 unspecified atom stereocenters. The van der Waals surface area contributed by atoms with Crippen molar-refractivity contribution >= 4 is 5.91 Å². The van der Waals surface area contributed by atoms with Gasteiger partial charge >= 0.3 is 0 Å². The van der Waals surface area contributed by atoms with E-state index in [9.17, 15) is 4.79 Å². The van der Waals surface area contributed by atoms with Crippen LogP contribution in [-0.4, -0.2) is 37.0 Å². The quantitative estimate of drug-likeness (QED) is 0.734. The van der Waals surface area contributed by atoms with E-state index in [0.717, 1.165) is 44.9 Å². The summed E-state index contributed by atoms with van der Waals surface area (Å²) in [5.74, 6) is 1.20. The van der Waals surface area contributed by atoms with Gasteiger partial charge in [0.25, 0.3) is 0 Å². The predicted molar refractivity (Wildman–Crippen MR) is 65.2 cm³/mol. The lowest BCUT2D eigenvalue weighted by molar-refractivity contribution is -0.144. The number of rotatable bonds is 1. The van der Waals surface area contributed by atoms with Gasteiger partial charge in [0.1, 0.15) is 0 Å². The molecule has 2 aliphatic heterocycles. The van der Waals surface area contributed by atoms with Gasteiger partial charge in [0, 0.05) is 18.5 Å². The first kappa shape index (κ1) is 11.9. The predicted octanol–water partition coefficient (Wildman–Crippen LogP) is 1.63. The number of likely N-dealkylation sites (tertiary alicyclic amines) is 1. The average molecular weight is 224 g/mol. The van der Waals surface area contributed by atoms with Crippen molar-refractivity contribution in [1.82, 2.24) is 10.2 Å². The second-order valence-electron chi connectivity index (χ2n) is 5.79. The summed E-state index contributed by atoms with van der Waals surface area (Å²) >= 11 is 0. The maximum Gasteiger partial charge on any atom is 0.228 e. The first-order chi connectivity index (χ1) is 7.62. The molecular formula is C13H24N2O. The fourth-order valence-electron chi connectivity index (χ4n) is 2.79. The monoisotopic (exact) mass is 224 g/mol. The summed E-state index contributed by atoms with van der Waals surface area (Å²) in [6, 6.07) is 0. The molecule has 0 aromatic heterocycles. The summed E-state index contributed by atoms with van der Waals surface area (Å²) in [6.45, 7) is 8.37. The summed E-state index contributed by atoms with van der Waals surface area (Å²) < 4.78 is 0. The zero-order chi connectivity index (χ0) is 11.6. The van der Waals surface area contributed by atoms with E-state index in [1.807, 2.05) is 0 Å². The van der Waals surface area contributed by atoms with Crippen molar-refractivity contribution in [3.8, 4) is 0 Å². The Bertz CT molecular complexity index is 251. The number of nitrogens with zero attached hydrogens (tertiary/aromatic N) is 1. The molecule has 16 heavy (non-hydrogen) atoms. The molecule has 2 aliphatic rings. The molecule has 0 aliphatic carbocycles. The van der Waals surface area contributed by atoms with Gasteiger partial charge in [-0.1, -0.05) is 13.8 Å². The van der Waals surface area contributed by atoms with Gasteiger partial charge < -0.3 is 10.2 Å². The van der Waals surface area contributed by atoms with Crippen molar-refractivity contribution in [1.29, 1.82) is 0 Å². The van der Waals surface area contributed by atoms with Crippen LogP contribution in [0.25, 0.3) is 0 Å². The van der Waals surface area contributed by atoms with Gasteiger partial charge in [0.05, 0.1) is 0 Å². The van der Waals surface area contributed by atoms with Crippen molar-refractivity contribution in [3.05, 3.63) is 0 Å². The van der Waals surface area contributed by atoms with Gasteiger partial charge in [-0.05, 0) is 44.7 Å². The van der Waals surface area contributed by atoms with E-state index < -0.39 is 0 Å². The van der Waals surface area contributed by atoms with Crippen molar-refractivity contribution in [2.45, 2.75) is 39.5 Å². The second kappa shape index (κ2) is 4.74. The smallest absolute Gasteiger partial charge is 0.228 e. The third-order valence-corrected chi connectivity index (χ3v) is 4.29. The van der Waals surface area contributed by atoms with Gasteiger partial charge in [-0.2, -0.15) is 0 Å². The van der Waals surface area contributed by atoms with Crippen molar-refractivity contribution < 1.29 is 4.79 Å². The van der Waals surface area contributed by atoms with Crippen molar-refractivity contribution in [2.24, 2.45) is 11.3 Å². The fraction of sp³-hybridized carbons (Fsp3) is 0.923. The van der Waals surface area contributed by atoms with Crippen LogP contribution >= 0.6 is 0 Å². The zero-order valence-electron chi connectivity index (χ0n) is 10.6. The standard InChI is InChI=1S/C13H24N2O/c1-11-3-9-15(10-4-11)12(16)13(2)5-7-14-8-6-13/h11,14H,3-10H2,1-2H3. The Morgan fingerprint density at radius 3 is 2.38 bits per heavy atom. The molecule has 0 aromatic carbocycles. The van der Waals surface area contributed by atoms with Crippen LogP contribution in [0, 0.1) is 11.3 Å². The van der Waals surface area contributed by atoms with E-state index in [1.165, 1.54) is 12.8 Å². The highest BCUT2D eigenvalue weighted by Crippen LogP contribution is 2.31. The van der Waals surface area contributed by atoms with Gasteiger partial charge in [0.15, 0.2) is 0 Å². The Labute approximate surface area is 98.6 Å². The van der Waals surface area contributed by atoms with Crippen molar-refractivity contribution in [2.75, 3.05) is 26.2 Å². The first-order valence-electron chi connectivity index (χ1n) is 6.62. The molecule has 0 spiro atoms. The Morgan fingerprint density at radius 1 is 1.25 bits per heavy atom. The molecule has 0 saturated carbocycles. The lowest BCUT2D eigenvalue weighted by Crippen LogP contribution is -2.49. The molecule has 0 aromatic rings. The number of carbonyl (C=O) groups excluding carboxylic acids is 1. The summed E-state index contributed by atoms with van der Waals surface area (Å²) in [5, 5.41) is 3.33. The molecular weight excluding hydrogens is 200 g/mol. The van der Waals surface area contributed by atoms with Crippen LogP contribution in [0.2, 0.25) is 0 Å². The minimum Gasteiger partial charge on any atom is -0.342 e. The van der Waals surface area contributed by atoms with Gasteiger partial charge in [-0.15, -0.1) is 0 Å². The largest absolute Gasteiger partial charge is 0.342 e. The molecule has 92 valence electrons. The lowest BCUT2D eigenvalue weighted by atomic mass is 9.79. The van der Waals surface area contributed by atoms with E-state index in [0.29, 0.717) is 5.91 Å². The third-order valence-electron chi connectivity index (χ3n) is 4.29. The van der Waals surface area contributed by atoms with Crippen molar-refractivity contribution in [3.63, 3.8) is 0 Å². The number of amides is 1. The highest BCUT2D eigenvalue weighted by Gasteiger charge is 2.38. The summed E-state index contributed by atoms with van der Waals surface area (Å²) in [4.78, 5) is 14.6. The minimum atomic E-state index is -0.0914. The SMILES string of the molecule is CC1CCN(C(=O)C2(C)CCNCC2)CC1. The van der Waals surface area contributed by atoms with Crippen LogP contribution in [0.5, 0.6) is 0 Å². The number of hydrogen-bond donors (Lipinski definition) is 1. The minimum absolute atomic E-state index is 0.0914. The number of piperidine rings is 2. The molecule has 0 radical (unpaired) electrons. The molecule has 2 fully saturated rings. The molecule has 0 bridgehead atoms. The first-order valence-corrected chi connectivity index (χ1v) is 6.62. The molecule has 0 atom stereocenters. The van der Waals surface area contributed by atoms with Crippen LogP contribution < -0.4 is 5.32 Å². The number of hydrogen-bond acceptors (Lipinski definition) is 2. The molecule has 2 rings (SSSR count). The van der Waals surface area contributed by atoms with Crippen LogP contribution in [0.4, 0.5) is 0 Å². The molecule has 1 N–H and O–H groups in total. The lowest BCUT2D eigenvalue weighted by Gasteiger charge is -2.40. The number of nitrogens with one attached hydrogen (secondary N) is 1. The van der Waals surface area contributed by atoms with E-state index in [2.05, 4.69) is 24.1 Å². The number of carbonyl (C=O) groups is 1. The highest BCUT2D eigenvalue weighted by molar-refractivity contribution is 5.82. The zero-order valence-corrected chi connectivity index (χ0v) is 10.6. The average Bonchev–Trinajstić information content (AvgIpc) is 2.30. The van der Waals surface area contributed by atoms with Crippen LogP contribution in [0.3, 0.4) is 0 Å². The normalized spacial score (nSPS) is 26.8. The van der Waals surface area contributed by atoms with Crippen LogP contribution in [0.1, 0.15) is 39.5 Å². The fourth-order valence-corrected chi connectivity index (χ4v) is 2.79. The van der Waals surface area contributed by atoms with Crippen LogP contribution in [-0.2, 0) is 4.79 Å². The summed E-state index contributed by atoms with van der Waals surface area (Å²) in [5.41, 5.74) is -0.0914. The van der Waals surface area contributed by atoms with Gasteiger partial charge in [-0.25, -0.2) is 0 Å². The Balaban J connectivity index is 1.95. The third kappa shape index (κ3) is 2.40. The summed E-state index contributed by atoms with van der Waals surface area (Å²) in [7, 11) is 0. The summed E-state index contributed by atoms with van der Waals surface area (Å²) in [6.07, 6.45) is 4.36. The van der Waals surface area contributed by atoms with Gasteiger partial charge in [-0.3, -0.25) is 4.79 Å². The molecule has 2 saturated heterocycles. The molecule has 2 heterocycles. The second-order valence-corrected chi connectivity index (χ2v) is 5.79. The Hall–Kier alpha value is -0.570. The maximum absolute atomic E-state index is 12.5. The molecule has 3 heteroatoms.